The van der Waals surface area contributed by atoms with Gasteiger partial charge in [0.2, 0.25) is 0 Å². The minimum absolute atomic E-state index is 0.143. The van der Waals surface area contributed by atoms with Crippen LogP contribution in [-0.2, 0) is 0 Å². The fourth-order valence-corrected chi connectivity index (χ4v) is 3.39. The van der Waals surface area contributed by atoms with Crippen molar-refractivity contribution >= 4 is 0 Å². The zero-order chi connectivity index (χ0) is 15.8. The van der Waals surface area contributed by atoms with Crippen LogP contribution in [0.4, 0.5) is 0 Å². The van der Waals surface area contributed by atoms with Crippen molar-refractivity contribution in [3.05, 3.63) is 0 Å². The molecule has 0 aromatic heterocycles. The summed E-state index contributed by atoms with van der Waals surface area (Å²) in [4.78, 5) is 0. The number of nitrogens with two attached hydrogens (primary N) is 1. The molecule has 0 spiro atoms. The molecule has 0 fully saturated rings. The molecule has 128 valence electrons. The summed E-state index contributed by atoms with van der Waals surface area (Å²) in [5, 5.41) is 0. The largest absolute Gasteiger partial charge is 0.325 e. The van der Waals surface area contributed by atoms with Crippen LogP contribution in [0, 0.1) is 0 Å². The Balaban J connectivity index is 3.73. The van der Waals surface area contributed by atoms with Crippen LogP contribution in [0.1, 0.15) is 124 Å². The van der Waals surface area contributed by atoms with Crippen LogP contribution < -0.4 is 5.73 Å². The second-order valence-corrected chi connectivity index (χ2v) is 7.15. The minimum Gasteiger partial charge on any atom is -0.325 e. The Hall–Kier alpha value is -0.0400. The third-order valence-corrected chi connectivity index (χ3v) is 4.80. The Morgan fingerprint density at radius 3 is 1.24 bits per heavy atom. The molecule has 0 aliphatic rings. The van der Waals surface area contributed by atoms with Crippen molar-refractivity contribution in [3.63, 3.8) is 0 Å². The molecule has 21 heavy (non-hydrogen) atoms. The summed E-state index contributed by atoms with van der Waals surface area (Å²) in [6, 6.07) is 0. The lowest BCUT2D eigenvalue weighted by atomic mass is 9.83. The van der Waals surface area contributed by atoms with Crippen LogP contribution in [0.3, 0.4) is 0 Å². The lowest BCUT2D eigenvalue weighted by molar-refractivity contribution is 0.311. The second-order valence-electron chi connectivity index (χ2n) is 7.15. The predicted octanol–water partition coefficient (Wildman–Crippen LogP) is 6.99. The van der Waals surface area contributed by atoms with Gasteiger partial charge in [-0.3, -0.25) is 0 Å². The molecular weight excluding hydrogens is 254 g/mol. The van der Waals surface area contributed by atoms with E-state index < -0.39 is 0 Å². The van der Waals surface area contributed by atoms with Crippen molar-refractivity contribution in [1.29, 1.82) is 0 Å². The van der Waals surface area contributed by atoms with Crippen LogP contribution in [0.15, 0.2) is 0 Å². The van der Waals surface area contributed by atoms with Gasteiger partial charge >= 0.3 is 0 Å². The van der Waals surface area contributed by atoms with E-state index in [1.165, 1.54) is 103 Å². The molecule has 0 aromatic carbocycles. The smallest absolute Gasteiger partial charge is 0.0154 e. The van der Waals surface area contributed by atoms with E-state index in [1.807, 2.05) is 0 Å². The van der Waals surface area contributed by atoms with E-state index in [9.17, 15) is 0 Å². The summed E-state index contributed by atoms with van der Waals surface area (Å²) in [7, 11) is 0. The normalized spacial score (nSPS) is 12.0. The Kier molecular flexibility index (Phi) is 14.9. The first-order valence-corrected chi connectivity index (χ1v) is 9.97. The zero-order valence-electron chi connectivity index (χ0n) is 15.4. The van der Waals surface area contributed by atoms with Crippen molar-refractivity contribution in [1.82, 2.24) is 0 Å². The first-order valence-electron chi connectivity index (χ1n) is 9.97. The molecule has 0 saturated carbocycles. The Labute approximate surface area is 135 Å². The molecule has 0 rings (SSSR count). The van der Waals surface area contributed by atoms with Crippen LogP contribution in [0.25, 0.3) is 0 Å². The summed E-state index contributed by atoms with van der Waals surface area (Å²) in [5.74, 6) is 0. The van der Waals surface area contributed by atoms with E-state index in [0.717, 1.165) is 0 Å². The van der Waals surface area contributed by atoms with Crippen LogP contribution in [-0.4, -0.2) is 5.54 Å². The lowest BCUT2D eigenvalue weighted by Gasteiger charge is -2.29. The highest BCUT2D eigenvalue weighted by Gasteiger charge is 2.22. The van der Waals surface area contributed by atoms with E-state index in [-0.39, 0.29) is 5.54 Å². The molecule has 0 aliphatic heterocycles. The molecule has 0 aromatic rings. The fourth-order valence-electron chi connectivity index (χ4n) is 3.39. The van der Waals surface area contributed by atoms with Crippen molar-refractivity contribution in [3.8, 4) is 0 Å². The minimum atomic E-state index is 0.143. The zero-order valence-corrected chi connectivity index (χ0v) is 15.4. The van der Waals surface area contributed by atoms with E-state index in [0.29, 0.717) is 0 Å². The third kappa shape index (κ3) is 13.4. The van der Waals surface area contributed by atoms with Crippen molar-refractivity contribution in [2.75, 3.05) is 0 Å². The summed E-state index contributed by atoms with van der Waals surface area (Å²) in [6.45, 7) is 6.85. The fraction of sp³-hybridized carbons (Fsp3) is 1.00. The molecule has 0 saturated heterocycles. The molecule has 0 aliphatic carbocycles. The van der Waals surface area contributed by atoms with Gasteiger partial charge in [0.25, 0.3) is 0 Å². The molecule has 0 unspecified atom stereocenters. The molecule has 1 nitrogen and oxygen atoms in total. The predicted molar refractivity (Wildman–Crippen MR) is 97.8 cm³/mol. The number of unbranched alkanes of at least 4 members (excludes halogenated alkanes) is 10. The molecule has 0 bridgehead atoms. The SMILES string of the molecule is CCCCCCCCC(N)(CCC)CCCCCCCC. The van der Waals surface area contributed by atoms with Gasteiger partial charge in [-0.25, -0.2) is 0 Å². The molecule has 0 radical (unpaired) electrons. The van der Waals surface area contributed by atoms with Gasteiger partial charge in [0.05, 0.1) is 0 Å². The Morgan fingerprint density at radius 1 is 0.476 bits per heavy atom. The van der Waals surface area contributed by atoms with Gasteiger partial charge < -0.3 is 5.73 Å². The second kappa shape index (κ2) is 14.9. The maximum atomic E-state index is 6.69. The van der Waals surface area contributed by atoms with E-state index in [2.05, 4.69) is 20.8 Å². The van der Waals surface area contributed by atoms with Crippen molar-refractivity contribution < 1.29 is 0 Å². The highest BCUT2D eigenvalue weighted by atomic mass is 14.7. The van der Waals surface area contributed by atoms with Gasteiger partial charge in [-0.2, -0.15) is 0 Å². The molecule has 0 heterocycles. The molecule has 0 atom stereocenters. The van der Waals surface area contributed by atoms with E-state index >= 15 is 0 Å². The highest BCUT2D eigenvalue weighted by molar-refractivity contribution is 4.83. The third-order valence-electron chi connectivity index (χ3n) is 4.80. The number of hydrogen-bond acceptors (Lipinski definition) is 1. The maximum absolute atomic E-state index is 6.69. The first-order chi connectivity index (χ1) is 10.2. The molecular formula is C20H43N. The van der Waals surface area contributed by atoms with Gasteiger partial charge in [-0.05, 0) is 19.3 Å². The van der Waals surface area contributed by atoms with Gasteiger partial charge in [0.1, 0.15) is 0 Å². The van der Waals surface area contributed by atoms with Crippen molar-refractivity contribution in [2.45, 2.75) is 129 Å². The average Bonchev–Trinajstić information content (AvgIpc) is 2.47. The Bertz CT molecular complexity index is 184. The number of hydrogen-bond donors (Lipinski definition) is 1. The van der Waals surface area contributed by atoms with Gasteiger partial charge in [-0.1, -0.05) is 104 Å². The summed E-state index contributed by atoms with van der Waals surface area (Å²) in [6.07, 6.45) is 21.6. The molecule has 2 N–H and O–H groups in total. The molecule has 0 amide bonds. The molecule has 1 heteroatoms. The Morgan fingerprint density at radius 2 is 0.857 bits per heavy atom. The number of rotatable bonds is 16. The summed E-state index contributed by atoms with van der Waals surface area (Å²) < 4.78 is 0. The van der Waals surface area contributed by atoms with E-state index in [4.69, 9.17) is 5.73 Å². The van der Waals surface area contributed by atoms with Crippen LogP contribution >= 0.6 is 0 Å². The maximum Gasteiger partial charge on any atom is 0.0154 e. The standard InChI is InChI=1S/C20H43N/c1-4-7-9-11-13-15-18-20(21,17-6-3)19-16-14-12-10-8-5-2/h4-19,21H2,1-3H3. The average molecular weight is 298 g/mol. The first kappa shape index (κ1) is 21.0. The van der Waals surface area contributed by atoms with Gasteiger partial charge in [0, 0.05) is 5.54 Å². The lowest BCUT2D eigenvalue weighted by Crippen LogP contribution is -2.39. The summed E-state index contributed by atoms with van der Waals surface area (Å²) in [5.41, 5.74) is 6.83. The quantitative estimate of drug-likeness (QED) is 0.305. The van der Waals surface area contributed by atoms with Crippen LogP contribution in [0.2, 0.25) is 0 Å². The van der Waals surface area contributed by atoms with Gasteiger partial charge in [-0.15, -0.1) is 0 Å². The van der Waals surface area contributed by atoms with Crippen LogP contribution in [0.5, 0.6) is 0 Å². The van der Waals surface area contributed by atoms with Crippen molar-refractivity contribution in [2.24, 2.45) is 5.73 Å². The highest BCUT2D eigenvalue weighted by Crippen LogP contribution is 2.25. The van der Waals surface area contributed by atoms with Gasteiger partial charge in [0.15, 0.2) is 0 Å². The monoisotopic (exact) mass is 297 g/mol. The van der Waals surface area contributed by atoms with E-state index in [1.54, 1.807) is 0 Å². The summed E-state index contributed by atoms with van der Waals surface area (Å²) >= 11 is 0. The topological polar surface area (TPSA) is 26.0 Å².